The lowest BCUT2D eigenvalue weighted by atomic mass is 10.0. The van der Waals surface area contributed by atoms with Gasteiger partial charge in [-0.1, -0.05) is 0 Å². The van der Waals surface area contributed by atoms with Crippen LogP contribution in [0.1, 0.15) is 12.8 Å². The molecule has 1 aliphatic rings. The minimum Gasteiger partial charge on any atom is -0.246 e. The maximum atomic E-state index is 12.9. The quantitative estimate of drug-likeness (QED) is 0.539. The predicted molar refractivity (Wildman–Crippen MR) is 40.6 cm³/mol. The third-order valence-electron chi connectivity index (χ3n) is 1.71. The first-order chi connectivity index (χ1) is 4.84. The first-order valence-electron chi connectivity index (χ1n) is 3.46. The maximum absolute atomic E-state index is 12.9. The van der Waals surface area contributed by atoms with Crippen LogP contribution >= 0.6 is 11.8 Å². The average molecular weight is 159 g/mol. The highest BCUT2D eigenvalue weighted by Crippen LogP contribution is 2.24. The van der Waals surface area contributed by atoms with E-state index < -0.39 is 6.17 Å². The number of halogens is 1. The van der Waals surface area contributed by atoms with Gasteiger partial charge in [0.05, 0.1) is 12.0 Å². The third-order valence-corrected chi connectivity index (χ3v) is 2.76. The van der Waals surface area contributed by atoms with Gasteiger partial charge in [-0.3, -0.25) is 0 Å². The van der Waals surface area contributed by atoms with Crippen molar-refractivity contribution in [1.29, 1.82) is 5.26 Å². The van der Waals surface area contributed by atoms with Crippen LogP contribution in [0.2, 0.25) is 0 Å². The average Bonchev–Trinajstić information content (AvgIpc) is 2.13. The Morgan fingerprint density at radius 1 is 1.40 bits per heavy atom. The van der Waals surface area contributed by atoms with Gasteiger partial charge >= 0.3 is 0 Å². The zero-order chi connectivity index (χ0) is 7.40. The Balaban J connectivity index is 2.45. The molecule has 0 saturated carbocycles. The SMILES string of the molecule is N#CC1CCSCCC1F. The molecule has 1 heterocycles. The molecule has 1 aliphatic heterocycles. The molecule has 3 heteroatoms. The van der Waals surface area contributed by atoms with Gasteiger partial charge in [0.15, 0.2) is 0 Å². The molecule has 0 bridgehead atoms. The van der Waals surface area contributed by atoms with Crippen molar-refractivity contribution in [2.24, 2.45) is 5.92 Å². The van der Waals surface area contributed by atoms with Crippen LogP contribution < -0.4 is 0 Å². The molecule has 1 saturated heterocycles. The number of hydrogen-bond acceptors (Lipinski definition) is 2. The molecule has 10 heavy (non-hydrogen) atoms. The molecule has 0 spiro atoms. The lowest BCUT2D eigenvalue weighted by Gasteiger charge is -2.07. The molecule has 0 aromatic heterocycles. The van der Waals surface area contributed by atoms with Gasteiger partial charge in [0.2, 0.25) is 0 Å². The summed E-state index contributed by atoms with van der Waals surface area (Å²) >= 11 is 1.75. The Hall–Kier alpha value is -0.230. The van der Waals surface area contributed by atoms with Crippen LogP contribution in [0, 0.1) is 17.2 Å². The van der Waals surface area contributed by atoms with Crippen molar-refractivity contribution in [3.05, 3.63) is 0 Å². The molecule has 1 rings (SSSR count). The van der Waals surface area contributed by atoms with Gasteiger partial charge in [-0.2, -0.15) is 17.0 Å². The minimum atomic E-state index is -0.875. The Labute approximate surface area is 64.6 Å². The second kappa shape index (κ2) is 3.82. The van der Waals surface area contributed by atoms with Crippen LogP contribution in [-0.4, -0.2) is 17.7 Å². The van der Waals surface area contributed by atoms with Gasteiger partial charge < -0.3 is 0 Å². The molecule has 0 amide bonds. The topological polar surface area (TPSA) is 23.8 Å². The molecule has 0 aromatic carbocycles. The lowest BCUT2D eigenvalue weighted by Crippen LogP contribution is -2.12. The van der Waals surface area contributed by atoms with Crippen molar-refractivity contribution in [1.82, 2.24) is 0 Å². The Bertz CT molecular complexity index is 143. The van der Waals surface area contributed by atoms with Gasteiger partial charge in [0.25, 0.3) is 0 Å². The Morgan fingerprint density at radius 3 is 2.80 bits per heavy atom. The van der Waals surface area contributed by atoms with Crippen molar-refractivity contribution >= 4 is 11.8 Å². The lowest BCUT2D eigenvalue weighted by molar-refractivity contribution is 0.261. The van der Waals surface area contributed by atoms with Crippen LogP contribution in [0.5, 0.6) is 0 Å². The third kappa shape index (κ3) is 1.88. The van der Waals surface area contributed by atoms with Crippen molar-refractivity contribution < 1.29 is 4.39 Å². The smallest absolute Gasteiger partial charge is 0.117 e. The van der Waals surface area contributed by atoms with Gasteiger partial charge in [-0.15, -0.1) is 0 Å². The highest BCUT2D eigenvalue weighted by molar-refractivity contribution is 7.99. The molecule has 2 atom stereocenters. The number of nitriles is 1. The molecule has 0 radical (unpaired) electrons. The highest BCUT2D eigenvalue weighted by Gasteiger charge is 2.22. The summed E-state index contributed by atoms with van der Waals surface area (Å²) in [5.74, 6) is 1.48. The molecule has 0 aromatic rings. The second-order valence-electron chi connectivity index (χ2n) is 2.44. The van der Waals surface area contributed by atoms with E-state index in [2.05, 4.69) is 0 Å². The van der Waals surface area contributed by atoms with E-state index in [1.807, 2.05) is 6.07 Å². The van der Waals surface area contributed by atoms with Crippen LogP contribution in [-0.2, 0) is 0 Å². The number of hydrogen-bond donors (Lipinski definition) is 0. The van der Waals surface area contributed by atoms with E-state index in [4.69, 9.17) is 5.26 Å². The molecule has 1 nitrogen and oxygen atoms in total. The van der Waals surface area contributed by atoms with E-state index in [-0.39, 0.29) is 5.92 Å². The number of thioether (sulfide) groups is 1. The molecule has 2 unspecified atom stereocenters. The summed E-state index contributed by atoms with van der Waals surface area (Å²) in [6.45, 7) is 0. The zero-order valence-electron chi connectivity index (χ0n) is 5.72. The number of rotatable bonds is 0. The summed E-state index contributed by atoms with van der Waals surface area (Å²) in [5, 5.41) is 8.49. The van der Waals surface area contributed by atoms with Crippen LogP contribution in [0.3, 0.4) is 0 Å². The molecule has 56 valence electrons. The van der Waals surface area contributed by atoms with Crippen LogP contribution in [0.25, 0.3) is 0 Å². The Morgan fingerprint density at radius 2 is 2.10 bits per heavy atom. The number of nitrogens with zero attached hydrogens (tertiary/aromatic N) is 1. The van der Waals surface area contributed by atoms with Gasteiger partial charge in [-0.05, 0) is 24.3 Å². The van der Waals surface area contributed by atoms with E-state index in [1.165, 1.54) is 0 Å². The van der Waals surface area contributed by atoms with Crippen LogP contribution in [0.4, 0.5) is 4.39 Å². The maximum Gasteiger partial charge on any atom is 0.117 e. The van der Waals surface area contributed by atoms with E-state index in [1.54, 1.807) is 11.8 Å². The van der Waals surface area contributed by atoms with E-state index >= 15 is 0 Å². The highest BCUT2D eigenvalue weighted by atomic mass is 32.2. The standard InChI is InChI=1S/C7H10FNS/c8-7-2-4-10-3-1-6(7)5-9/h6-7H,1-4H2. The predicted octanol–water partition coefficient (Wildman–Crippen LogP) is 1.99. The fourth-order valence-electron chi connectivity index (χ4n) is 1.04. The summed E-state index contributed by atoms with van der Waals surface area (Å²) in [4.78, 5) is 0. The van der Waals surface area contributed by atoms with E-state index in [0.717, 1.165) is 17.9 Å². The van der Waals surface area contributed by atoms with E-state index in [0.29, 0.717) is 6.42 Å². The largest absolute Gasteiger partial charge is 0.246 e. The van der Waals surface area contributed by atoms with Crippen molar-refractivity contribution in [2.75, 3.05) is 11.5 Å². The second-order valence-corrected chi connectivity index (χ2v) is 3.67. The van der Waals surface area contributed by atoms with Crippen LogP contribution in [0.15, 0.2) is 0 Å². The number of alkyl halides is 1. The van der Waals surface area contributed by atoms with E-state index in [9.17, 15) is 4.39 Å². The van der Waals surface area contributed by atoms with Gasteiger partial charge in [-0.25, -0.2) is 4.39 Å². The minimum absolute atomic E-state index is 0.338. The molecule has 0 N–H and O–H groups in total. The first kappa shape index (κ1) is 7.87. The molecular weight excluding hydrogens is 149 g/mol. The summed E-state index contributed by atoms with van der Waals surface area (Å²) in [7, 11) is 0. The summed E-state index contributed by atoms with van der Waals surface area (Å²) < 4.78 is 12.9. The molecule has 1 fully saturated rings. The summed E-state index contributed by atoms with van der Waals surface area (Å²) in [6.07, 6.45) is 0.408. The zero-order valence-corrected chi connectivity index (χ0v) is 6.53. The molecule has 0 aliphatic carbocycles. The summed E-state index contributed by atoms with van der Waals surface area (Å²) in [6, 6.07) is 2.01. The first-order valence-corrected chi connectivity index (χ1v) is 4.61. The van der Waals surface area contributed by atoms with Crippen molar-refractivity contribution in [2.45, 2.75) is 19.0 Å². The van der Waals surface area contributed by atoms with Gasteiger partial charge in [0.1, 0.15) is 6.17 Å². The van der Waals surface area contributed by atoms with Gasteiger partial charge in [0, 0.05) is 0 Å². The fourth-order valence-corrected chi connectivity index (χ4v) is 2.05. The Kier molecular flexibility index (Phi) is 3.01. The van der Waals surface area contributed by atoms with Crippen molar-refractivity contribution in [3.8, 4) is 6.07 Å². The monoisotopic (exact) mass is 159 g/mol. The fraction of sp³-hybridized carbons (Fsp3) is 0.857. The summed E-state index contributed by atoms with van der Waals surface area (Å²) in [5.41, 5.74) is 0. The van der Waals surface area contributed by atoms with Crippen molar-refractivity contribution in [3.63, 3.8) is 0 Å². The normalized spacial score (nSPS) is 34.4. The molecular formula is C7H10FNS.